The third-order valence-electron chi connectivity index (χ3n) is 8.89. The Morgan fingerprint density at radius 1 is 0.643 bits per heavy atom. The lowest BCUT2D eigenvalue weighted by atomic mass is 10.0. The van der Waals surface area contributed by atoms with Crippen molar-refractivity contribution in [1.82, 2.24) is 14.1 Å². The Morgan fingerprint density at radius 3 is 1.57 bits per heavy atom. The molecule has 18 heteroatoms. The lowest BCUT2D eigenvalue weighted by Gasteiger charge is -2.15. The van der Waals surface area contributed by atoms with Crippen LogP contribution in [-0.2, 0) is 39.6 Å². The Morgan fingerprint density at radius 2 is 1.11 bits per heavy atom. The highest BCUT2D eigenvalue weighted by Crippen LogP contribution is 2.34. The molecule has 6 aromatic rings. The lowest BCUT2D eigenvalue weighted by molar-refractivity contribution is -0.0435. The molecule has 4 aromatic carbocycles. The molecule has 2 aromatic heterocycles. The van der Waals surface area contributed by atoms with Crippen molar-refractivity contribution >= 4 is 42.5 Å². The number of pyridine rings is 1. The maximum atomic E-state index is 13.8. The number of alkyl halides is 6. The Labute approximate surface area is 317 Å². The molecule has 0 spiro atoms. The lowest BCUT2D eigenvalue weighted by Crippen LogP contribution is -2.30. The van der Waals surface area contributed by atoms with E-state index in [0.29, 0.717) is 41.0 Å². The predicted octanol–water partition coefficient (Wildman–Crippen LogP) is 8.49. The summed E-state index contributed by atoms with van der Waals surface area (Å²) >= 11 is 0. The molecule has 0 aliphatic rings. The fourth-order valence-electron chi connectivity index (χ4n) is 6.04. The Kier molecular flexibility index (Phi) is 11.1. The van der Waals surface area contributed by atoms with Crippen LogP contribution in [0.3, 0.4) is 0 Å². The van der Waals surface area contributed by atoms with Crippen molar-refractivity contribution in [3.63, 3.8) is 0 Å². The molecule has 6 rings (SSSR count). The SMILES string of the molecule is CCCCc1nc2c(=O)n(Cc3ccc(-c4ccccc4NS(=O)(=O)C(F)(F)F)cc3)ccc2n1Cc1ccc(-c2ccccc2NS(=O)(=O)C(F)(F)F)cc1. The van der Waals surface area contributed by atoms with Gasteiger partial charge in [-0.1, -0.05) is 98.3 Å². The Hall–Kier alpha value is -5.62. The molecule has 56 heavy (non-hydrogen) atoms. The van der Waals surface area contributed by atoms with Crippen molar-refractivity contribution in [1.29, 1.82) is 0 Å². The van der Waals surface area contributed by atoms with E-state index >= 15 is 0 Å². The maximum Gasteiger partial charge on any atom is 0.516 e. The van der Waals surface area contributed by atoms with Gasteiger partial charge in [0.15, 0.2) is 5.52 Å². The topological polar surface area (TPSA) is 132 Å². The number of hydrogen-bond donors (Lipinski definition) is 2. The van der Waals surface area contributed by atoms with Gasteiger partial charge in [-0.25, -0.2) is 4.98 Å². The average molecular weight is 818 g/mol. The van der Waals surface area contributed by atoms with Crippen LogP contribution in [0.4, 0.5) is 37.7 Å². The van der Waals surface area contributed by atoms with Crippen molar-refractivity contribution in [2.45, 2.75) is 50.3 Å². The van der Waals surface area contributed by atoms with Gasteiger partial charge in [0.1, 0.15) is 5.82 Å². The largest absolute Gasteiger partial charge is 0.516 e. The van der Waals surface area contributed by atoms with Crippen LogP contribution >= 0.6 is 0 Å². The quantitative estimate of drug-likeness (QED) is 0.112. The first-order valence-electron chi connectivity index (χ1n) is 17.0. The Balaban J connectivity index is 1.25. The summed E-state index contributed by atoms with van der Waals surface area (Å²) in [6, 6.07) is 26.6. The van der Waals surface area contributed by atoms with Crippen molar-refractivity contribution in [2.24, 2.45) is 0 Å². The van der Waals surface area contributed by atoms with Gasteiger partial charge in [-0.05, 0) is 46.9 Å². The molecule has 2 N–H and O–H groups in total. The summed E-state index contributed by atoms with van der Waals surface area (Å²) in [6.45, 7) is 2.47. The summed E-state index contributed by atoms with van der Waals surface area (Å²) in [6.07, 6.45) is 3.88. The van der Waals surface area contributed by atoms with Crippen molar-refractivity contribution in [2.75, 3.05) is 9.44 Å². The van der Waals surface area contributed by atoms with Crippen LogP contribution in [0.5, 0.6) is 0 Å². The van der Waals surface area contributed by atoms with Crippen molar-refractivity contribution in [3.8, 4) is 22.3 Å². The fraction of sp³-hybridized carbons (Fsp3) is 0.211. The second-order valence-corrected chi connectivity index (χ2v) is 16.1. The molecule has 0 saturated heterocycles. The van der Waals surface area contributed by atoms with E-state index in [0.717, 1.165) is 18.4 Å². The average Bonchev–Trinajstić information content (AvgIpc) is 3.49. The number of nitrogens with one attached hydrogen (secondary N) is 2. The number of halogens is 6. The molecule has 0 bridgehead atoms. The van der Waals surface area contributed by atoms with E-state index in [4.69, 9.17) is 4.98 Å². The highest BCUT2D eigenvalue weighted by Gasteiger charge is 2.47. The number of anilines is 2. The molecule has 294 valence electrons. The Bertz CT molecular complexity index is 2660. The molecule has 0 aliphatic heterocycles. The summed E-state index contributed by atoms with van der Waals surface area (Å²) < 4.78 is 132. The van der Waals surface area contributed by atoms with Gasteiger partial charge in [0.05, 0.1) is 23.4 Å². The normalized spacial score (nSPS) is 12.6. The van der Waals surface area contributed by atoms with Crippen LogP contribution in [0.25, 0.3) is 33.3 Å². The number of aromatic nitrogens is 3. The number of hydrogen-bond acceptors (Lipinski definition) is 6. The summed E-state index contributed by atoms with van der Waals surface area (Å²) in [5, 5.41) is 0. The molecule has 0 amide bonds. The third kappa shape index (κ3) is 8.45. The molecule has 10 nitrogen and oxygen atoms in total. The van der Waals surface area contributed by atoms with Gasteiger partial charge >= 0.3 is 31.1 Å². The molecular weight excluding hydrogens is 785 g/mol. The van der Waals surface area contributed by atoms with E-state index in [1.165, 1.54) is 41.0 Å². The van der Waals surface area contributed by atoms with Crippen molar-refractivity contribution < 1.29 is 43.2 Å². The predicted molar refractivity (Wildman–Crippen MR) is 202 cm³/mol. The van der Waals surface area contributed by atoms with Gasteiger partial charge in [-0.15, -0.1) is 0 Å². The molecule has 0 fully saturated rings. The highest BCUT2D eigenvalue weighted by atomic mass is 32.2. The summed E-state index contributed by atoms with van der Waals surface area (Å²) in [7, 11) is -11.3. The van der Waals surface area contributed by atoms with Gasteiger partial charge in [0, 0.05) is 30.3 Å². The second-order valence-electron chi connectivity index (χ2n) is 12.8. The van der Waals surface area contributed by atoms with E-state index in [2.05, 4.69) is 0 Å². The summed E-state index contributed by atoms with van der Waals surface area (Å²) in [5.41, 5.74) is -8.13. The minimum absolute atomic E-state index is 0.136. The molecule has 0 atom stereocenters. The highest BCUT2D eigenvalue weighted by molar-refractivity contribution is 7.93. The monoisotopic (exact) mass is 817 g/mol. The zero-order valence-electron chi connectivity index (χ0n) is 29.4. The number of sulfonamides is 2. The van der Waals surface area contributed by atoms with E-state index in [-0.39, 0.29) is 40.1 Å². The number of fused-ring (bicyclic) bond motifs is 1. The van der Waals surface area contributed by atoms with Crippen LogP contribution < -0.4 is 15.0 Å². The van der Waals surface area contributed by atoms with Crippen LogP contribution in [0.1, 0.15) is 36.7 Å². The number of para-hydroxylation sites is 2. The van der Waals surface area contributed by atoms with Gasteiger partial charge < -0.3 is 9.13 Å². The number of benzene rings is 4. The zero-order chi connectivity index (χ0) is 40.5. The van der Waals surface area contributed by atoms with Gasteiger partial charge in [-0.3, -0.25) is 14.2 Å². The maximum absolute atomic E-state index is 13.8. The number of aryl methyl sites for hydroxylation is 1. The molecule has 0 saturated carbocycles. The number of nitrogens with zero attached hydrogens (tertiary/aromatic N) is 3. The molecule has 2 heterocycles. The summed E-state index contributed by atoms with van der Waals surface area (Å²) in [4.78, 5) is 18.5. The van der Waals surface area contributed by atoms with E-state index in [1.807, 2.05) is 11.5 Å². The van der Waals surface area contributed by atoms with Gasteiger partial charge in [-0.2, -0.15) is 43.2 Å². The number of unbranched alkanes of at least 4 members (excludes halogenated alkanes) is 1. The molecule has 0 aliphatic carbocycles. The molecule has 0 radical (unpaired) electrons. The van der Waals surface area contributed by atoms with Gasteiger partial charge in [0.25, 0.3) is 5.56 Å². The van der Waals surface area contributed by atoms with E-state index < -0.39 is 31.1 Å². The minimum atomic E-state index is -5.64. The number of imidazole rings is 1. The molecular formula is C38H33F6N5O5S2. The van der Waals surface area contributed by atoms with E-state index in [1.54, 1.807) is 82.4 Å². The number of rotatable bonds is 13. The minimum Gasteiger partial charge on any atom is -0.323 e. The van der Waals surface area contributed by atoms with E-state index in [9.17, 15) is 48.0 Å². The first-order chi connectivity index (χ1) is 26.4. The van der Waals surface area contributed by atoms with Crippen LogP contribution in [-0.4, -0.2) is 42.0 Å². The standard InChI is InChI=1S/C38H33F6N5O5S2/c1-2-3-12-34-45-35-33(49(34)24-26-15-19-28(20-16-26)30-9-5-7-11-32(30)47-56(53,54)38(42,43)44)21-22-48(36(35)50)23-25-13-17-27(18-14-25)29-8-4-6-10-31(29)46-55(51,52)37(39,40)41/h4-11,13-22,46-47H,2-3,12,23-24H2,1H3. The molecule has 0 unspecified atom stereocenters. The first-order valence-corrected chi connectivity index (χ1v) is 20.0. The first kappa shape index (κ1) is 40.1. The van der Waals surface area contributed by atoms with Gasteiger partial charge in [0.2, 0.25) is 0 Å². The summed E-state index contributed by atoms with van der Waals surface area (Å²) in [5.74, 6) is 0.678. The fourth-order valence-corrected chi connectivity index (χ4v) is 7.21. The van der Waals surface area contributed by atoms with Crippen LogP contribution in [0.2, 0.25) is 0 Å². The zero-order valence-corrected chi connectivity index (χ0v) is 31.0. The van der Waals surface area contributed by atoms with Crippen LogP contribution in [0.15, 0.2) is 114 Å². The third-order valence-corrected chi connectivity index (χ3v) is 11.1. The van der Waals surface area contributed by atoms with Crippen LogP contribution in [0, 0.1) is 0 Å². The smallest absolute Gasteiger partial charge is 0.323 e. The van der Waals surface area contributed by atoms with Crippen molar-refractivity contribution in [3.05, 3.63) is 137 Å². The second kappa shape index (κ2) is 15.5.